The molecule has 0 radical (unpaired) electrons. The number of carbonyl (C=O) groups excluding carboxylic acids is 3. The topological polar surface area (TPSA) is 99.6 Å². The summed E-state index contributed by atoms with van der Waals surface area (Å²) in [5, 5.41) is 12.1. The van der Waals surface area contributed by atoms with Crippen LogP contribution in [0.2, 0.25) is 0 Å². The molecule has 0 fully saturated rings. The van der Waals surface area contributed by atoms with Crippen LogP contribution in [-0.4, -0.2) is 38.8 Å². The highest BCUT2D eigenvalue weighted by Gasteiger charge is 2.41. The number of anilines is 1. The van der Waals surface area contributed by atoms with E-state index in [0.29, 0.717) is 5.56 Å². The molecule has 1 unspecified atom stereocenters. The molecule has 0 saturated heterocycles. The Morgan fingerprint density at radius 2 is 1.92 bits per heavy atom. The molecular weight excluding hydrogens is 310 g/mol. The fraction of sp³-hybridized carbons (Fsp3) is 0.176. The number of hydrogen-bond acceptors (Lipinski definition) is 5. The summed E-state index contributed by atoms with van der Waals surface area (Å²) < 4.78 is 0. The van der Waals surface area contributed by atoms with Gasteiger partial charge in [0.05, 0.1) is 11.1 Å². The van der Waals surface area contributed by atoms with E-state index in [4.69, 9.17) is 0 Å². The van der Waals surface area contributed by atoms with Gasteiger partial charge in [-0.1, -0.05) is 11.6 Å². The fourth-order valence-electron chi connectivity index (χ4n) is 2.56. The molecule has 1 aromatic heterocycles. The summed E-state index contributed by atoms with van der Waals surface area (Å²) in [6.07, 6.45) is 1.41. The predicted molar refractivity (Wildman–Crippen MR) is 85.7 cm³/mol. The number of carbonyl (C=O) groups is 3. The minimum atomic E-state index is -1.04. The Bertz CT molecular complexity index is 863. The van der Waals surface area contributed by atoms with Gasteiger partial charge in [-0.05, 0) is 38.1 Å². The lowest BCUT2D eigenvalue weighted by atomic mass is 10.1. The number of benzene rings is 1. The number of nitrogens with zero attached hydrogens (tertiary/aromatic N) is 2. The summed E-state index contributed by atoms with van der Waals surface area (Å²) in [5.41, 5.74) is 1.43. The third kappa shape index (κ3) is 2.50. The number of aromatic hydroxyl groups is 1. The number of aromatic nitrogens is 1. The number of imide groups is 1. The lowest BCUT2D eigenvalue weighted by molar-refractivity contribution is -0.119. The molecule has 1 aromatic carbocycles. The smallest absolute Gasteiger partial charge is 0.262 e. The van der Waals surface area contributed by atoms with Crippen LogP contribution in [0.3, 0.4) is 0 Å². The first-order valence-corrected chi connectivity index (χ1v) is 7.33. The van der Waals surface area contributed by atoms with Crippen LogP contribution in [-0.2, 0) is 4.79 Å². The summed E-state index contributed by atoms with van der Waals surface area (Å²) in [5.74, 6) is -1.86. The van der Waals surface area contributed by atoms with E-state index < -0.39 is 23.8 Å². The van der Waals surface area contributed by atoms with Gasteiger partial charge in [-0.15, -0.1) is 0 Å². The Morgan fingerprint density at radius 1 is 1.21 bits per heavy atom. The van der Waals surface area contributed by atoms with E-state index >= 15 is 0 Å². The Balaban J connectivity index is 1.84. The second-order valence-electron chi connectivity index (χ2n) is 5.57. The number of hydrogen-bond donors (Lipinski definition) is 2. The minimum absolute atomic E-state index is 0.0261. The van der Waals surface area contributed by atoms with Crippen molar-refractivity contribution in [3.05, 3.63) is 53.2 Å². The second kappa shape index (κ2) is 5.77. The van der Waals surface area contributed by atoms with Crippen molar-refractivity contribution in [2.24, 2.45) is 0 Å². The Hall–Kier alpha value is -3.22. The highest BCUT2D eigenvalue weighted by molar-refractivity contribution is 6.23. The first-order valence-electron chi connectivity index (χ1n) is 7.33. The van der Waals surface area contributed by atoms with Gasteiger partial charge in [-0.2, -0.15) is 0 Å². The number of pyridine rings is 1. The molecule has 2 aromatic rings. The molecular formula is C17H15N3O4. The molecule has 7 nitrogen and oxygen atoms in total. The summed E-state index contributed by atoms with van der Waals surface area (Å²) in [6, 6.07) is 6.80. The number of fused-ring (bicyclic) bond motifs is 1. The van der Waals surface area contributed by atoms with Crippen LogP contribution < -0.4 is 5.32 Å². The quantitative estimate of drug-likeness (QED) is 0.837. The van der Waals surface area contributed by atoms with Gasteiger partial charge in [0.25, 0.3) is 11.8 Å². The van der Waals surface area contributed by atoms with Gasteiger partial charge in [0.1, 0.15) is 6.04 Å². The lowest BCUT2D eigenvalue weighted by Gasteiger charge is -2.21. The van der Waals surface area contributed by atoms with Crippen LogP contribution in [0.25, 0.3) is 0 Å². The SMILES string of the molecule is Cc1ccc2c(c1)C(=O)N(C(C)C(=O)Nc1ncccc1O)C2=O. The fourth-order valence-corrected chi connectivity index (χ4v) is 2.56. The average molecular weight is 325 g/mol. The number of aryl methyl sites for hydroxylation is 1. The van der Waals surface area contributed by atoms with Crippen molar-refractivity contribution in [1.82, 2.24) is 9.88 Å². The van der Waals surface area contributed by atoms with Gasteiger partial charge in [-0.3, -0.25) is 19.3 Å². The van der Waals surface area contributed by atoms with Crippen molar-refractivity contribution in [2.45, 2.75) is 19.9 Å². The van der Waals surface area contributed by atoms with E-state index in [9.17, 15) is 19.5 Å². The maximum absolute atomic E-state index is 12.5. The zero-order chi connectivity index (χ0) is 17.4. The van der Waals surface area contributed by atoms with Gasteiger partial charge in [-0.25, -0.2) is 4.98 Å². The molecule has 122 valence electrons. The molecule has 1 aliphatic rings. The largest absolute Gasteiger partial charge is 0.504 e. The molecule has 0 spiro atoms. The molecule has 7 heteroatoms. The van der Waals surface area contributed by atoms with E-state index in [1.54, 1.807) is 18.2 Å². The van der Waals surface area contributed by atoms with Gasteiger partial charge < -0.3 is 10.4 Å². The molecule has 0 saturated carbocycles. The standard InChI is InChI=1S/C17H15N3O4/c1-9-5-6-11-12(8-9)17(24)20(16(11)23)10(2)15(22)19-14-13(21)4-3-7-18-14/h3-8,10,21H,1-2H3,(H,18,19,22). The molecule has 2 N–H and O–H groups in total. The normalized spacial score (nSPS) is 14.5. The Kier molecular flexibility index (Phi) is 3.76. The maximum atomic E-state index is 12.5. The van der Waals surface area contributed by atoms with Crippen LogP contribution in [0, 0.1) is 6.92 Å². The highest BCUT2D eigenvalue weighted by Crippen LogP contribution is 2.26. The van der Waals surface area contributed by atoms with E-state index in [-0.39, 0.29) is 17.1 Å². The van der Waals surface area contributed by atoms with Gasteiger partial charge in [0, 0.05) is 6.20 Å². The molecule has 0 aliphatic carbocycles. The van der Waals surface area contributed by atoms with Crippen LogP contribution in [0.1, 0.15) is 33.2 Å². The number of amides is 3. The van der Waals surface area contributed by atoms with E-state index in [1.807, 2.05) is 6.92 Å². The van der Waals surface area contributed by atoms with E-state index in [2.05, 4.69) is 10.3 Å². The molecule has 24 heavy (non-hydrogen) atoms. The predicted octanol–water partition coefficient (Wildman–Crippen LogP) is 1.72. The summed E-state index contributed by atoms with van der Waals surface area (Å²) >= 11 is 0. The molecule has 0 bridgehead atoms. The van der Waals surface area contributed by atoms with Crippen molar-refractivity contribution in [3.63, 3.8) is 0 Å². The molecule has 3 rings (SSSR count). The van der Waals surface area contributed by atoms with Crippen LogP contribution >= 0.6 is 0 Å². The van der Waals surface area contributed by atoms with E-state index in [0.717, 1.165) is 10.5 Å². The summed E-state index contributed by atoms with van der Waals surface area (Å²) in [4.78, 5) is 42.0. The van der Waals surface area contributed by atoms with Gasteiger partial charge in [0.2, 0.25) is 5.91 Å². The third-order valence-electron chi connectivity index (χ3n) is 3.87. The first-order chi connectivity index (χ1) is 11.4. The molecule has 2 heterocycles. The summed E-state index contributed by atoms with van der Waals surface area (Å²) in [6.45, 7) is 3.27. The van der Waals surface area contributed by atoms with Gasteiger partial charge in [0.15, 0.2) is 11.6 Å². The Labute approximate surface area is 137 Å². The van der Waals surface area contributed by atoms with Gasteiger partial charge >= 0.3 is 0 Å². The third-order valence-corrected chi connectivity index (χ3v) is 3.87. The van der Waals surface area contributed by atoms with Crippen LogP contribution in [0.15, 0.2) is 36.5 Å². The number of rotatable bonds is 3. The van der Waals surface area contributed by atoms with Crippen molar-refractivity contribution >= 4 is 23.5 Å². The first kappa shape index (κ1) is 15.7. The summed E-state index contributed by atoms with van der Waals surface area (Å²) in [7, 11) is 0. The van der Waals surface area contributed by atoms with Crippen molar-refractivity contribution in [1.29, 1.82) is 0 Å². The van der Waals surface area contributed by atoms with Crippen molar-refractivity contribution in [3.8, 4) is 5.75 Å². The molecule has 3 amide bonds. The van der Waals surface area contributed by atoms with Crippen molar-refractivity contribution < 1.29 is 19.5 Å². The zero-order valence-electron chi connectivity index (χ0n) is 13.1. The number of nitrogens with one attached hydrogen (secondary N) is 1. The van der Waals surface area contributed by atoms with E-state index in [1.165, 1.54) is 25.3 Å². The Morgan fingerprint density at radius 3 is 2.62 bits per heavy atom. The highest BCUT2D eigenvalue weighted by atomic mass is 16.3. The maximum Gasteiger partial charge on any atom is 0.262 e. The lowest BCUT2D eigenvalue weighted by Crippen LogP contribution is -2.45. The molecule has 1 atom stereocenters. The van der Waals surface area contributed by atoms with Crippen molar-refractivity contribution in [2.75, 3.05) is 5.32 Å². The van der Waals surface area contributed by atoms with Crippen LogP contribution in [0.5, 0.6) is 5.75 Å². The average Bonchev–Trinajstić information content (AvgIpc) is 2.79. The minimum Gasteiger partial charge on any atom is -0.504 e. The monoisotopic (exact) mass is 325 g/mol. The zero-order valence-corrected chi connectivity index (χ0v) is 13.1. The van der Waals surface area contributed by atoms with Crippen LogP contribution in [0.4, 0.5) is 5.82 Å². The second-order valence-corrected chi connectivity index (χ2v) is 5.57. The molecule has 1 aliphatic heterocycles.